The number of hydrogen-bond donors (Lipinski definition) is 1. The van der Waals surface area contributed by atoms with Gasteiger partial charge in [-0.1, -0.05) is 18.2 Å². The zero-order chi connectivity index (χ0) is 22.6. The lowest BCUT2D eigenvalue weighted by atomic mass is 10.2. The predicted molar refractivity (Wildman–Crippen MR) is 116 cm³/mol. The summed E-state index contributed by atoms with van der Waals surface area (Å²) in [6, 6.07) is 15.1. The number of ether oxygens (including phenoxy) is 1. The van der Waals surface area contributed by atoms with Gasteiger partial charge in [0, 0.05) is 43.0 Å². The molecule has 0 unspecified atom stereocenters. The number of nitrogens with zero attached hydrogens (tertiary/aromatic N) is 2. The van der Waals surface area contributed by atoms with Gasteiger partial charge >= 0.3 is 0 Å². The number of carbonyl (C=O) groups is 1. The monoisotopic (exact) mass is 455 g/mol. The summed E-state index contributed by atoms with van der Waals surface area (Å²) >= 11 is 0. The number of aromatic nitrogens is 1. The van der Waals surface area contributed by atoms with Crippen LogP contribution in [0.4, 0.5) is 4.39 Å². The molecule has 0 bridgehead atoms. The number of amides is 1. The summed E-state index contributed by atoms with van der Waals surface area (Å²) in [6.45, 7) is 1.09. The summed E-state index contributed by atoms with van der Waals surface area (Å²) < 4.78 is 46.1. The number of rotatable bonds is 7. The van der Waals surface area contributed by atoms with E-state index in [0.717, 1.165) is 12.8 Å². The highest BCUT2D eigenvalue weighted by Crippen LogP contribution is 2.24. The van der Waals surface area contributed by atoms with Gasteiger partial charge in [-0.15, -0.1) is 0 Å². The van der Waals surface area contributed by atoms with Crippen LogP contribution in [0.1, 0.15) is 28.8 Å². The van der Waals surface area contributed by atoms with Gasteiger partial charge in [0.2, 0.25) is 15.9 Å². The lowest BCUT2D eigenvalue weighted by Crippen LogP contribution is -2.28. The first-order valence-corrected chi connectivity index (χ1v) is 11.6. The second-order valence-electron chi connectivity index (χ2n) is 7.35. The van der Waals surface area contributed by atoms with Crippen molar-refractivity contribution >= 4 is 15.9 Å². The average molecular weight is 456 g/mol. The third-order valence-electron chi connectivity index (χ3n) is 5.10. The summed E-state index contributed by atoms with van der Waals surface area (Å²) in [5.74, 6) is -0.332. The van der Waals surface area contributed by atoms with Crippen molar-refractivity contribution in [2.24, 2.45) is 0 Å². The Morgan fingerprint density at radius 1 is 1.06 bits per heavy atom. The maximum atomic E-state index is 13.4. The number of carbonyl (C=O) groups excluding carboxylic acids is 1. The van der Waals surface area contributed by atoms with E-state index in [4.69, 9.17) is 4.74 Å². The third-order valence-corrected chi connectivity index (χ3v) is 6.99. The van der Waals surface area contributed by atoms with Crippen molar-refractivity contribution in [3.63, 3.8) is 0 Å². The standard InChI is InChI=1S/C23H22FN3O4S/c24-19-8-4-9-20(15-19)31-23-18(7-5-11-25-23)16-26-22(28)17-6-3-10-21(14-17)32(29,30)27-12-1-2-13-27/h3-11,14-15H,1-2,12-13,16H2,(H,26,28). The highest BCUT2D eigenvalue weighted by Gasteiger charge is 2.27. The van der Waals surface area contributed by atoms with Crippen molar-refractivity contribution in [3.8, 4) is 11.6 Å². The van der Waals surface area contributed by atoms with Crippen molar-refractivity contribution in [2.75, 3.05) is 13.1 Å². The maximum absolute atomic E-state index is 13.4. The Balaban J connectivity index is 1.47. The molecule has 7 nitrogen and oxygen atoms in total. The van der Waals surface area contributed by atoms with Crippen LogP contribution in [0.15, 0.2) is 71.8 Å². The topological polar surface area (TPSA) is 88.6 Å². The van der Waals surface area contributed by atoms with Crippen molar-refractivity contribution in [1.29, 1.82) is 0 Å². The van der Waals surface area contributed by atoms with Crippen LogP contribution in [-0.4, -0.2) is 36.7 Å². The third kappa shape index (κ3) is 4.95. The van der Waals surface area contributed by atoms with Gasteiger partial charge in [-0.3, -0.25) is 4.79 Å². The number of benzene rings is 2. The largest absolute Gasteiger partial charge is 0.439 e. The number of sulfonamides is 1. The molecule has 9 heteroatoms. The second-order valence-corrected chi connectivity index (χ2v) is 9.29. The van der Waals surface area contributed by atoms with Gasteiger partial charge in [0.05, 0.1) is 4.90 Å². The molecule has 0 saturated carbocycles. The van der Waals surface area contributed by atoms with Crippen LogP contribution >= 0.6 is 0 Å². The Kier molecular flexibility index (Phi) is 6.48. The molecule has 2 heterocycles. The Labute approximate surface area is 185 Å². The van der Waals surface area contributed by atoms with E-state index in [0.29, 0.717) is 18.7 Å². The van der Waals surface area contributed by atoms with Gasteiger partial charge in [0.1, 0.15) is 11.6 Å². The quantitative estimate of drug-likeness (QED) is 0.587. The molecule has 1 fully saturated rings. The van der Waals surface area contributed by atoms with Crippen LogP contribution in [0.5, 0.6) is 11.6 Å². The van der Waals surface area contributed by atoms with Gasteiger partial charge in [-0.2, -0.15) is 4.31 Å². The molecule has 1 saturated heterocycles. The van der Waals surface area contributed by atoms with E-state index < -0.39 is 21.7 Å². The van der Waals surface area contributed by atoms with E-state index in [1.165, 1.54) is 40.8 Å². The molecule has 3 aromatic rings. The Hall–Kier alpha value is -3.30. The molecule has 32 heavy (non-hydrogen) atoms. The predicted octanol–water partition coefficient (Wildman–Crippen LogP) is 3.73. The van der Waals surface area contributed by atoms with Crippen LogP contribution in [0.2, 0.25) is 0 Å². The molecule has 2 aromatic carbocycles. The second kappa shape index (κ2) is 9.46. The fourth-order valence-corrected chi connectivity index (χ4v) is 5.01. The minimum atomic E-state index is -3.61. The summed E-state index contributed by atoms with van der Waals surface area (Å²) in [4.78, 5) is 17.0. The molecule has 0 atom stereocenters. The van der Waals surface area contributed by atoms with E-state index in [1.807, 2.05) is 0 Å². The normalized spacial score (nSPS) is 14.3. The van der Waals surface area contributed by atoms with Crippen LogP contribution in [0.3, 0.4) is 0 Å². The number of halogens is 1. The van der Waals surface area contributed by atoms with Crippen molar-refractivity contribution in [2.45, 2.75) is 24.3 Å². The Morgan fingerprint density at radius 3 is 2.62 bits per heavy atom. The van der Waals surface area contributed by atoms with Gasteiger partial charge < -0.3 is 10.1 Å². The number of hydrogen-bond acceptors (Lipinski definition) is 5. The minimum Gasteiger partial charge on any atom is -0.439 e. The van der Waals surface area contributed by atoms with Crippen LogP contribution in [-0.2, 0) is 16.6 Å². The molecule has 1 aromatic heterocycles. The summed E-state index contributed by atoms with van der Waals surface area (Å²) in [5, 5.41) is 2.76. The fourth-order valence-electron chi connectivity index (χ4n) is 3.45. The zero-order valence-corrected chi connectivity index (χ0v) is 18.0. The highest BCUT2D eigenvalue weighted by molar-refractivity contribution is 7.89. The van der Waals surface area contributed by atoms with Crippen molar-refractivity contribution in [1.82, 2.24) is 14.6 Å². The summed E-state index contributed by atoms with van der Waals surface area (Å²) in [6.07, 6.45) is 3.21. The van der Waals surface area contributed by atoms with E-state index in [1.54, 1.807) is 30.3 Å². The van der Waals surface area contributed by atoms with Crippen LogP contribution < -0.4 is 10.1 Å². The molecule has 0 spiro atoms. The van der Waals surface area contributed by atoms with Gasteiger partial charge in [0.25, 0.3) is 5.91 Å². The first kappa shape index (κ1) is 21.9. The minimum absolute atomic E-state index is 0.0976. The first-order chi connectivity index (χ1) is 15.4. The first-order valence-electron chi connectivity index (χ1n) is 10.2. The zero-order valence-electron chi connectivity index (χ0n) is 17.2. The highest BCUT2D eigenvalue weighted by atomic mass is 32.2. The molecule has 1 aliphatic rings. The van der Waals surface area contributed by atoms with Crippen LogP contribution in [0, 0.1) is 5.82 Å². The molecular formula is C23H22FN3O4S. The lowest BCUT2D eigenvalue weighted by Gasteiger charge is -2.16. The molecule has 166 valence electrons. The Morgan fingerprint density at radius 2 is 1.84 bits per heavy atom. The SMILES string of the molecule is O=C(NCc1cccnc1Oc1cccc(F)c1)c1cccc(S(=O)(=O)N2CCCC2)c1. The lowest BCUT2D eigenvalue weighted by molar-refractivity contribution is 0.0950. The van der Waals surface area contributed by atoms with Crippen molar-refractivity contribution < 1.29 is 22.3 Å². The van der Waals surface area contributed by atoms with Crippen molar-refractivity contribution in [3.05, 3.63) is 83.8 Å². The molecule has 1 amide bonds. The number of nitrogens with one attached hydrogen (secondary N) is 1. The van der Waals surface area contributed by atoms with E-state index in [-0.39, 0.29) is 28.6 Å². The van der Waals surface area contributed by atoms with Gasteiger partial charge in [-0.25, -0.2) is 17.8 Å². The molecule has 0 aliphatic carbocycles. The Bertz CT molecular complexity index is 1230. The van der Waals surface area contributed by atoms with E-state index in [2.05, 4.69) is 10.3 Å². The van der Waals surface area contributed by atoms with E-state index in [9.17, 15) is 17.6 Å². The molecule has 4 rings (SSSR count). The molecule has 0 radical (unpaired) electrons. The molecule has 1 N–H and O–H groups in total. The average Bonchev–Trinajstić information content (AvgIpc) is 3.34. The van der Waals surface area contributed by atoms with Gasteiger partial charge in [-0.05, 0) is 49.2 Å². The van der Waals surface area contributed by atoms with Crippen LogP contribution in [0.25, 0.3) is 0 Å². The smallest absolute Gasteiger partial charge is 0.251 e. The molecule has 1 aliphatic heterocycles. The number of pyridine rings is 1. The molecular weight excluding hydrogens is 433 g/mol. The van der Waals surface area contributed by atoms with Gasteiger partial charge in [0.15, 0.2) is 0 Å². The summed E-state index contributed by atoms with van der Waals surface area (Å²) in [7, 11) is -3.61. The summed E-state index contributed by atoms with van der Waals surface area (Å²) in [5.41, 5.74) is 0.827. The fraction of sp³-hybridized carbons (Fsp3) is 0.217. The maximum Gasteiger partial charge on any atom is 0.251 e. The van der Waals surface area contributed by atoms with E-state index >= 15 is 0 Å².